The van der Waals surface area contributed by atoms with Crippen molar-refractivity contribution in [3.63, 3.8) is 0 Å². The zero-order valence-corrected chi connectivity index (χ0v) is 13.5. The zero-order valence-electron chi connectivity index (χ0n) is 11.9. The summed E-state index contributed by atoms with van der Waals surface area (Å²) in [5.41, 5.74) is 0. The minimum Gasteiger partial charge on any atom is -0.347 e. The van der Waals surface area contributed by atoms with E-state index in [-0.39, 0.29) is 5.28 Å². The molecule has 1 fully saturated rings. The average molecular weight is 326 g/mol. The second kappa shape index (κ2) is 5.98. The SMILES string of the molecule is CN(C)c1nc(Cl)nc(N2CCN(c3nccs3)CC2)n1. The van der Waals surface area contributed by atoms with Gasteiger partial charge in [0.2, 0.25) is 17.2 Å². The van der Waals surface area contributed by atoms with Crippen LogP contribution < -0.4 is 14.7 Å². The molecule has 0 unspecified atom stereocenters. The highest BCUT2D eigenvalue weighted by molar-refractivity contribution is 7.13. The molecule has 1 aliphatic heterocycles. The Labute approximate surface area is 132 Å². The van der Waals surface area contributed by atoms with Crippen LogP contribution in [-0.2, 0) is 0 Å². The van der Waals surface area contributed by atoms with Crippen molar-refractivity contribution >= 4 is 40.0 Å². The topological polar surface area (TPSA) is 61.3 Å². The predicted octanol–water partition coefficient (Wildman–Crippen LogP) is 1.37. The highest BCUT2D eigenvalue weighted by Gasteiger charge is 2.21. The Bertz CT molecular complexity index is 596. The Morgan fingerprint density at radius 2 is 1.81 bits per heavy atom. The van der Waals surface area contributed by atoms with Gasteiger partial charge in [0.05, 0.1) is 0 Å². The summed E-state index contributed by atoms with van der Waals surface area (Å²) in [6, 6.07) is 0. The number of halogens is 1. The van der Waals surface area contributed by atoms with Crippen molar-refractivity contribution in [3.8, 4) is 0 Å². The molecule has 0 bridgehead atoms. The monoisotopic (exact) mass is 325 g/mol. The van der Waals surface area contributed by atoms with Gasteiger partial charge in [0.15, 0.2) is 5.13 Å². The number of thiazole rings is 1. The molecule has 21 heavy (non-hydrogen) atoms. The van der Waals surface area contributed by atoms with Crippen LogP contribution in [0.3, 0.4) is 0 Å². The molecule has 112 valence electrons. The minimum absolute atomic E-state index is 0.228. The molecule has 7 nitrogen and oxygen atoms in total. The molecule has 0 spiro atoms. The third-order valence-electron chi connectivity index (χ3n) is 3.24. The Hall–Kier alpha value is -1.67. The van der Waals surface area contributed by atoms with Crippen molar-refractivity contribution in [2.45, 2.75) is 0 Å². The van der Waals surface area contributed by atoms with Gasteiger partial charge in [0.25, 0.3) is 0 Å². The van der Waals surface area contributed by atoms with E-state index in [0.29, 0.717) is 11.9 Å². The van der Waals surface area contributed by atoms with Gasteiger partial charge in [0.1, 0.15) is 0 Å². The smallest absolute Gasteiger partial charge is 0.231 e. The lowest BCUT2D eigenvalue weighted by Gasteiger charge is -2.34. The molecule has 0 aromatic carbocycles. The first-order chi connectivity index (χ1) is 10.1. The molecule has 1 aliphatic rings. The number of nitrogens with zero attached hydrogens (tertiary/aromatic N) is 7. The average Bonchev–Trinajstić information content (AvgIpc) is 3.01. The normalized spacial score (nSPS) is 15.4. The molecule has 2 aromatic rings. The quantitative estimate of drug-likeness (QED) is 0.844. The van der Waals surface area contributed by atoms with E-state index in [0.717, 1.165) is 31.3 Å². The van der Waals surface area contributed by atoms with Gasteiger partial charge < -0.3 is 14.7 Å². The largest absolute Gasteiger partial charge is 0.347 e. The first-order valence-electron chi connectivity index (χ1n) is 6.62. The lowest BCUT2D eigenvalue weighted by molar-refractivity contribution is 0.637. The van der Waals surface area contributed by atoms with Crippen molar-refractivity contribution < 1.29 is 0 Å². The van der Waals surface area contributed by atoms with Crippen LogP contribution in [0.15, 0.2) is 11.6 Å². The number of hydrogen-bond acceptors (Lipinski definition) is 8. The summed E-state index contributed by atoms with van der Waals surface area (Å²) in [5.74, 6) is 1.21. The van der Waals surface area contributed by atoms with Gasteiger partial charge in [-0.15, -0.1) is 11.3 Å². The minimum atomic E-state index is 0.228. The fourth-order valence-electron chi connectivity index (χ4n) is 2.14. The maximum atomic E-state index is 5.99. The highest BCUT2D eigenvalue weighted by atomic mass is 35.5. The Kier molecular flexibility index (Phi) is 4.07. The molecule has 0 radical (unpaired) electrons. The van der Waals surface area contributed by atoms with Crippen LogP contribution in [0.4, 0.5) is 17.0 Å². The van der Waals surface area contributed by atoms with Gasteiger partial charge in [-0.25, -0.2) is 4.98 Å². The molecular formula is C12H16ClN7S. The van der Waals surface area contributed by atoms with Gasteiger partial charge >= 0.3 is 0 Å². The van der Waals surface area contributed by atoms with E-state index >= 15 is 0 Å². The van der Waals surface area contributed by atoms with Crippen molar-refractivity contribution in [2.24, 2.45) is 0 Å². The summed E-state index contributed by atoms with van der Waals surface area (Å²) in [7, 11) is 3.77. The van der Waals surface area contributed by atoms with Crippen molar-refractivity contribution in [1.29, 1.82) is 0 Å². The molecule has 0 amide bonds. The Morgan fingerprint density at radius 3 is 2.43 bits per heavy atom. The standard InChI is InChI=1S/C12H16ClN7S/c1-18(2)10-15-9(13)16-11(17-10)19-4-6-20(7-5-19)12-14-3-8-21-12/h3,8H,4-7H2,1-2H3. The summed E-state index contributed by atoms with van der Waals surface area (Å²) >= 11 is 7.65. The van der Waals surface area contributed by atoms with Crippen LogP contribution in [0.2, 0.25) is 5.28 Å². The van der Waals surface area contributed by atoms with E-state index < -0.39 is 0 Å². The Morgan fingerprint density at radius 1 is 1.10 bits per heavy atom. The molecule has 0 atom stereocenters. The van der Waals surface area contributed by atoms with Gasteiger partial charge in [-0.1, -0.05) is 0 Å². The van der Waals surface area contributed by atoms with E-state index in [1.54, 1.807) is 11.3 Å². The number of piperazine rings is 1. The highest BCUT2D eigenvalue weighted by Crippen LogP contribution is 2.21. The van der Waals surface area contributed by atoms with Crippen LogP contribution in [-0.4, -0.2) is 60.2 Å². The molecule has 0 saturated carbocycles. The van der Waals surface area contributed by atoms with Crippen LogP contribution in [0.1, 0.15) is 0 Å². The summed E-state index contributed by atoms with van der Waals surface area (Å²) in [5, 5.41) is 3.29. The number of rotatable bonds is 3. The van der Waals surface area contributed by atoms with Gasteiger partial charge in [-0.2, -0.15) is 15.0 Å². The lowest BCUT2D eigenvalue weighted by atomic mass is 10.3. The first-order valence-corrected chi connectivity index (χ1v) is 7.87. The number of anilines is 3. The fraction of sp³-hybridized carbons (Fsp3) is 0.500. The Balaban J connectivity index is 1.72. The van der Waals surface area contributed by atoms with E-state index in [4.69, 9.17) is 11.6 Å². The summed E-state index contributed by atoms with van der Waals surface area (Å²) in [6.07, 6.45) is 1.83. The predicted molar refractivity (Wildman–Crippen MR) is 85.7 cm³/mol. The summed E-state index contributed by atoms with van der Waals surface area (Å²) in [6.45, 7) is 3.47. The maximum absolute atomic E-state index is 5.99. The second-order valence-electron chi connectivity index (χ2n) is 4.89. The molecule has 0 N–H and O–H groups in total. The van der Waals surface area contributed by atoms with Crippen LogP contribution in [0.25, 0.3) is 0 Å². The molecule has 1 saturated heterocycles. The zero-order chi connectivity index (χ0) is 14.8. The van der Waals surface area contributed by atoms with Crippen molar-refractivity contribution in [3.05, 3.63) is 16.9 Å². The van der Waals surface area contributed by atoms with E-state index in [9.17, 15) is 0 Å². The van der Waals surface area contributed by atoms with Gasteiger partial charge in [-0.05, 0) is 11.6 Å². The molecule has 9 heteroatoms. The summed E-state index contributed by atoms with van der Waals surface area (Å²) in [4.78, 5) is 23.4. The van der Waals surface area contributed by atoms with E-state index in [2.05, 4.69) is 29.7 Å². The number of hydrogen-bond donors (Lipinski definition) is 0. The van der Waals surface area contributed by atoms with Gasteiger partial charge in [0, 0.05) is 51.9 Å². The summed E-state index contributed by atoms with van der Waals surface area (Å²) < 4.78 is 0. The number of aromatic nitrogens is 4. The van der Waals surface area contributed by atoms with Crippen molar-refractivity contribution in [2.75, 3.05) is 55.0 Å². The van der Waals surface area contributed by atoms with E-state index in [1.165, 1.54) is 0 Å². The van der Waals surface area contributed by atoms with Crippen LogP contribution in [0, 0.1) is 0 Å². The van der Waals surface area contributed by atoms with Gasteiger partial charge in [-0.3, -0.25) is 0 Å². The fourth-order valence-corrected chi connectivity index (χ4v) is 2.99. The molecule has 3 heterocycles. The second-order valence-corrected chi connectivity index (χ2v) is 6.10. The molecule has 0 aliphatic carbocycles. The van der Waals surface area contributed by atoms with Crippen LogP contribution in [0.5, 0.6) is 0 Å². The maximum Gasteiger partial charge on any atom is 0.231 e. The van der Waals surface area contributed by atoms with E-state index in [1.807, 2.05) is 30.6 Å². The molecule has 3 rings (SSSR count). The molecular weight excluding hydrogens is 310 g/mol. The third-order valence-corrected chi connectivity index (χ3v) is 4.24. The lowest BCUT2D eigenvalue weighted by Crippen LogP contribution is -2.47. The third kappa shape index (κ3) is 3.16. The first kappa shape index (κ1) is 14.3. The van der Waals surface area contributed by atoms with Crippen molar-refractivity contribution in [1.82, 2.24) is 19.9 Å². The van der Waals surface area contributed by atoms with Crippen LogP contribution >= 0.6 is 22.9 Å². The molecule has 2 aromatic heterocycles.